The fourth-order valence-corrected chi connectivity index (χ4v) is 1.69. The molecule has 0 bridgehead atoms. The van der Waals surface area contributed by atoms with Crippen LogP contribution in [0.1, 0.15) is 23.9 Å². The second kappa shape index (κ2) is 6.01. The summed E-state index contributed by atoms with van der Waals surface area (Å²) in [6.45, 7) is 1.68. The summed E-state index contributed by atoms with van der Waals surface area (Å²) in [5.41, 5.74) is 1.35. The summed E-state index contributed by atoms with van der Waals surface area (Å²) < 4.78 is 4.95. The Morgan fingerprint density at radius 2 is 2.05 bits per heavy atom. The minimum Gasteiger partial charge on any atom is -0.480 e. The van der Waals surface area contributed by atoms with E-state index < -0.39 is 17.9 Å². The lowest BCUT2D eigenvalue weighted by Crippen LogP contribution is -2.40. The largest absolute Gasteiger partial charge is 0.480 e. The molecule has 2 aromatic rings. The van der Waals surface area contributed by atoms with Gasteiger partial charge in [-0.1, -0.05) is 42.4 Å². The Bertz CT molecular complexity index is 607. The van der Waals surface area contributed by atoms with Crippen LogP contribution in [-0.2, 0) is 4.79 Å². The predicted molar refractivity (Wildman–Crippen MR) is 71.1 cm³/mol. The Balaban J connectivity index is 2.13. The number of hydrogen-bond donors (Lipinski definition) is 2. The number of carboxylic acid groups (broad SMARTS) is 1. The Morgan fingerprint density at radius 3 is 2.65 bits per heavy atom. The lowest BCUT2D eigenvalue weighted by atomic mass is 10.1. The molecule has 2 rings (SSSR count). The number of hydrogen-bond acceptors (Lipinski definition) is 4. The molecule has 0 aliphatic carbocycles. The normalized spacial score (nSPS) is 11.8. The highest BCUT2D eigenvalue weighted by atomic mass is 16.5. The number of aromatic nitrogens is 1. The lowest BCUT2D eigenvalue weighted by molar-refractivity contribution is -0.139. The van der Waals surface area contributed by atoms with Crippen LogP contribution >= 0.6 is 0 Å². The van der Waals surface area contributed by atoms with Gasteiger partial charge in [0, 0.05) is 11.6 Å². The summed E-state index contributed by atoms with van der Waals surface area (Å²) >= 11 is 0. The van der Waals surface area contributed by atoms with Gasteiger partial charge in [-0.05, 0) is 6.42 Å². The molecule has 20 heavy (non-hydrogen) atoms. The Kier molecular flexibility index (Phi) is 4.14. The average molecular weight is 274 g/mol. The third kappa shape index (κ3) is 3.03. The maximum Gasteiger partial charge on any atom is 0.326 e. The summed E-state index contributed by atoms with van der Waals surface area (Å²) in [4.78, 5) is 22.7. The van der Waals surface area contributed by atoms with Crippen molar-refractivity contribution in [3.05, 3.63) is 42.2 Å². The summed E-state index contributed by atoms with van der Waals surface area (Å²) in [6, 6.07) is 9.79. The predicted octanol–water partition coefficient (Wildman–Crippen LogP) is 1.93. The number of amides is 1. The Labute approximate surface area is 115 Å². The smallest absolute Gasteiger partial charge is 0.326 e. The van der Waals surface area contributed by atoms with Gasteiger partial charge >= 0.3 is 5.97 Å². The third-order valence-electron chi connectivity index (χ3n) is 2.82. The molecule has 2 N–H and O–H groups in total. The highest BCUT2D eigenvalue weighted by molar-refractivity contribution is 5.94. The van der Waals surface area contributed by atoms with E-state index in [9.17, 15) is 9.59 Å². The molecule has 0 fully saturated rings. The van der Waals surface area contributed by atoms with Crippen LogP contribution in [0.2, 0.25) is 0 Å². The van der Waals surface area contributed by atoms with E-state index in [0.717, 1.165) is 5.56 Å². The molecule has 104 valence electrons. The van der Waals surface area contributed by atoms with Gasteiger partial charge in [-0.3, -0.25) is 4.79 Å². The van der Waals surface area contributed by atoms with E-state index in [1.165, 1.54) is 6.07 Å². The molecule has 1 heterocycles. The number of rotatable bonds is 5. The molecular weight excluding hydrogens is 260 g/mol. The van der Waals surface area contributed by atoms with Crippen LogP contribution in [0, 0.1) is 0 Å². The van der Waals surface area contributed by atoms with Crippen LogP contribution in [0.25, 0.3) is 11.3 Å². The first-order valence-corrected chi connectivity index (χ1v) is 6.17. The van der Waals surface area contributed by atoms with Crippen molar-refractivity contribution in [2.45, 2.75) is 19.4 Å². The molecule has 0 spiro atoms. The Morgan fingerprint density at radius 1 is 1.35 bits per heavy atom. The van der Waals surface area contributed by atoms with Gasteiger partial charge in [-0.15, -0.1) is 0 Å². The molecular formula is C14H14N2O4. The van der Waals surface area contributed by atoms with Crippen molar-refractivity contribution in [2.75, 3.05) is 0 Å². The van der Waals surface area contributed by atoms with E-state index in [0.29, 0.717) is 12.1 Å². The standard InChI is InChI=1S/C14H14N2O4/c1-2-10(14(18)19)15-13(17)12-8-11(16-20-12)9-6-4-3-5-7-9/h3-8,10H,2H2,1H3,(H,15,17)(H,18,19)/t10-/m0/s1. The Hall–Kier alpha value is -2.63. The van der Waals surface area contributed by atoms with Crippen molar-refractivity contribution >= 4 is 11.9 Å². The molecule has 1 aromatic carbocycles. The van der Waals surface area contributed by atoms with Gasteiger partial charge in [0.05, 0.1) is 0 Å². The zero-order valence-electron chi connectivity index (χ0n) is 10.9. The van der Waals surface area contributed by atoms with Gasteiger partial charge in [0.2, 0.25) is 5.76 Å². The summed E-state index contributed by atoms with van der Waals surface area (Å²) in [7, 11) is 0. The van der Waals surface area contributed by atoms with Crippen LogP contribution < -0.4 is 5.32 Å². The molecule has 1 aromatic heterocycles. The summed E-state index contributed by atoms with van der Waals surface area (Å²) in [5.74, 6) is -1.68. The molecule has 0 radical (unpaired) electrons. The van der Waals surface area contributed by atoms with Crippen LogP contribution in [0.15, 0.2) is 40.9 Å². The number of carbonyl (C=O) groups excluding carboxylic acids is 1. The van der Waals surface area contributed by atoms with Crippen molar-refractivity contribution in [1.29, 1.82) is 0 Å². The van der Waals surface area contributed by atoms with Crippen molar-refractivity contribution < 1.29 is 19.2 Å². The first kappa shape index (κ1) is 13.8. The van der Waals surface area contributed by atoms with Crippen LogP contribution in [0.4, 0.5) is 0 Å². The first-order chi connectivity index (χ1) is 9.61. The molecule has 1 amide bonds. The van der Waals surface area contributed by atoms with Gasteiger partial charge < -0.3 is 14.9 Å². The SMILES string of the molecule is CC[C@H](NC(=O)c1cc(-c2ccccc2)no1)C(=O)O. The molecule has 6 heteroatoms. The fraction of sp³-hybridized carbons (Fsp3) is 0.214. The quantitative estimate of drug-likeness (QED) is 0.869. The maximum atomic E-state index is 11.9. The number of aliphatic carboxylic acids is 1. The number of carbonyl (C=O) groups is 2. The second-order valence-corrected chi connectivity index (χ2v) is 4.21. The van der Waals surface area contributed by atoms with Crippen LogP contribution in [0.5, 0.6) is 0 Å². The molecule has 0 unspecified atom stereocenters. The van der Waals surface area contributed by atoms with E-state index in [1.54, 1.807) is 6.92 Å². The van der Waals surface area contributed by atoms with Gasteiger partial charge in [0.25, 0.3) is 5.91 Å². The van der Waals surface area contributed by atoms with Gasteiger partial charge in [0.1, 0.15) is 11.7 Å². The number of nitrogens with zero attached hydrogens (tertiary/aromatic N) is 1. The van der Waals surface area contributed by atoms with E-state index >= 15 is 0 Å². The fourth-order valence-electron chi connectivity index (χ4n) is 1.69. The zero-order chi connectivity index (χ0) is 14.5. The van der Waals surface area contributed by atoms with Gasteiger partial charge in [0.15, 0.2) is 0 Å². The van der Waals surface area contributed by atoms with Crippen molar-refractivity contribution in [3.63, 3.8) is 0 Å². The molecule has 0 aliphatic rings. The second-order valence-electron chi connectivity index (χ2n) is 4.21. The minimum atomic E-state index is -1.08. The monoisotopic (exact) mass is 274 g/mol. The summed E-state index contributed by atoms with van der Waals surface area (Å²) in [6.07, 6.45) is 0.292. The topological polar surface area (TPSA) is 92.4 Å². The molecule has 0 saturated heterocycles. The highest BCUT2D eigenvalue weighted by Gasteiger charge is 2.21. The molecule has 6 nitrogen and oxygen atoms in total. The van der Waals surface area contributed by atoms with E-state index in [2.05, 4.69) is 10.5 Å². The van der Waals surface area contributed by atoms with E-state index in [-0.39, 0.29) is 5.76 Å². The van der Waals surface area contributed by atoms with Crippen molar-refractivity contribution in [1.82, 2.24) is 10.5 Å². The maximum absolute atomic E-state index is 11.9. The third-order valence-corrected chi connectivity index (χ3v) is 2.82. The summed E-state index contributed by atoms with van der Waals surface area (Å²) in [5, 5.41) is 15.1. The lowest BCUT2D eigenvalue weighted by Gasteiger charge is -2.09. The number of carboxylic acids is 1. The molecule has 1 atom stereocenters. The average Bonchev–Trinajstić information content (AvgIpc) is 2.95. The van der Waals surface area contributed by atoms with Crippen LogP contribution in [0.3, 0.4) is 0 Å². The molecule has 0 aliphatic heterocycles. The number of benzene rings is 1. The van der Waals surface area contributed by atoms with Gasteiger partial charge in [-0.25, -0.2) is 4.79 Å². The van der Waals surface area contributed by atoms with E-state index in [4.69, 9.17) is 9.63 Å². The highest BCUT2D eigenvalue weighted by Crippen LogP contribution is 2.18. The first-order valence-electron chi connectivity index (χ1n) is 6.17. The van der Waals surface area contributed by atoms with Crippen LogP contribution in [-0.4, -0.2) is 28.2 Å². The number of nitrogens with one attached hydrogen (secondary N) is 1. The zero-order valence-corrected chi connectivity index (χ0v) is 10.9. The van der Waals surface area contributed by atoms with Gasteiger partial charge in [-0.2, -0.15) is 0 Å². The molecule has 0 saturated carbocycles. The van der Waals surface area contributed by atoms with Crippen molar-refractivity contribution in [3.8, 4) is 11.3 Å². The van der Waals surface area contributed by atoms with Crippen molar-refractivity contribution in [2.24, 2.45) is 0 Å². The van der Waals surface area contributed by atoms with E-state index in [1.807, 2.05) is 30.3 Å². The minimum absolute atomic E-state index is 0.0106.